The first kappa shape index (κ1) is 20.1. The predicted molar refractivity (Wildman–Crippen MR) is 90.1 cm³/mol. The number of hydrogen-bond acceptors (Lipinski definition) is 4. The Labute approximate surface area is 140 Å². The van der Waals surface area contributed by atoms with Crippen LogP contribution >= 0.6 is 0 Å². The summed E-state index contributed by atoms with van der Waals surface area (Å²) in [5.41, 5.74) is 0. The van der Waals surface area contributed by atoms with Gasteiger partial charge in [-0.05, 0) is 19.8 Å². The van der Waals surface area contributed by atoms with Crippen molar-refractivity contribution in [3.63, 3.8) is 0 Å². The molecule has 1 aliphatic rings. The Hall–Kier alpha value is -0.940. The van der Waals surface area contributed by atoms with Crippen LogP contribution in [0.2, 0.25) is 0 Å². The van der Waals surface area contributed by atoms with Crippen molar-refractivity contribution in [1.82, 2.24) is 5.32 Å². The van der Waals surface area contributed by atoms with Crippen molar-refractivity contribution in [2.45, 2.75) is 77.9 Å². The third-order valence-electron chi connectivity index (χ3n) is 4.48. The Balaban J connectivity index is 2.16. The number of ketones is 1. The molecule has 5 nitrogen and oxygen atoms in total. The molecule has 1 saturated heterocycles. The van der Waals surface area contributed by atoms with Gasteiger partial charge in [-0.3, -0.25) is 9.59 Å². The summed E-state index contributed by atoms with van der Waals surface area (Å²) in [6.07, 6.45) is 6.95. The van der Waals surface area contributed by atoms with Crippen molar-refractivity contribution in [3.05, 3.63) is 0 Å². The number of ether oxygens (including phenoxy) is 2. The lowest BCUT2D eigenvalue weighted by Gasteiger charge is -2.38. The number of unbranched alkanes of at least 4 members (excludes halogenated alkanes) is 4. The fraction of sp³-hybridized carbons (Fsp3) is 0.889. The van der Waals surface area contributed by atoms with Gasteiger partial charge in [-0.2, -0.15) is 0 Å². The van der Waals surface area contributed by atoms with Crippen LogP contribution in [0.3, 0.4) is 0 Å². The molecule has 1 aliphatic heterocycles. The summed E-state index contributed by atoms with van der Waals surface area (Å²) in [6.45, 7) is 7.89. The summed E-state index contributed by atoms with van der Waals surface area (Å²) < 4.78 is 11.4. The average molecular weight is 327 g/mol. The van der Waals surface area contributed by atoms with Gasteiger partial charge in [0, 0.05) is 18.9 Å². The Morgan fingerprint density at radius 2 is 1.78 bits per heavy atom. The van der Waals surface area contributed by atoms with Crippen molar-refractivity contribution >= 4 is 11.7 Å². The number of carbonyl (C=O) groups excluding carboxylic acids is 2. The van der Waals surface area contributed by atoms with E-state index in [1.807, 2.05) is 13.8 Å². The lowest BCUT2D eigenvalue weighted by Crippen LogP contribution is -2.47. The standard InChI is InChI=1S/C18H33NO4/c1-4-5-6-7-8-10-16(20)13-17(21)19-14-15(2)18(3)22-11-9-12-23-18/h15H,4-14H2,1-3H3,(H,19,21). The average Bonchev–Trinajstić information content (AvgIpc) is 2.53. The molecule has 0 aromatic heterocycles. The molecule has 0 bridgehead atoms. The van der Waals surface area contributed by atoms with Gasteiger partial charge in [-0.25, -0.2) is 0 Å². The van der Waals surface area contributed by atoms with E-state index in [0.29, 0.717) is 26.2 Å². The van der Waals surface area contributed by atoms with Crippen LogP contribution in [-0.4, -0.2) is 37.2 Å². The molecule has 0 aromatic carbocycles. The molecular formula is C18H33NO4. The number of rotatable bonds is 11. The van der Waals surface area contributed by atoms with Crippen LogP contribution in [0.5, 0.6) is 0 Å². The maximum Gasteiger partial charge on any atom is 0.227 e. The number of nitrogens with one attached hydrogen (secondary N) is 1. The molecule has 1 atom stereocenters. The summed E-state index contributed by atoms with van der Waals surface area (Å²) in [7, 11) is 0. The van der Waals surface area contributed by atoms with Crippen LogP contribution in [-0.2, 0) is 19.1 Å². The zero-order chi connectivity index (χ0) is 17.1. The molecule has 134 valence electrons. The van der Waals surface area contributed by atoms with Crippen molar-refractivity contribution in [1.29, 1.82) is 0 Å². The third-order valence-corrected chi connectivity index (χ3v) is 4.48. The van der Waals surface area contributed by atoms with Gasteiger partial charge in [-0.15, -0.1) is 0 Å². The molecule has 0 aromatic rings. The highest BCUT2D eigenvalue weighted by atomic mass is 16.7. The topological polar surface area (TPSA) is 64.6 Å². The van der Waals surface area contributed by atoms with E-state index in [9.17, 15) is 9.59 Å². The van der Waals surface area contributed by atoms with Crippen LogP contribution < -0.4 is 5.32 Å². The van der Waals surface area contributed by atoms with Gasteiger partial charge in [0.05, 0.1) is 19.6 Å². The Morgan fingerprint density at radius 3 is 2.43 bits per heavy atom. The summed E-state index contributed by atoms with van der Waals surface area (Å²) in [5, 5.41) is 2.83. The Kier molecular flexibility index (Phi) is 9.41. The monoisotopic (exact) mass is 327 g/mol. The molecule has 1 fully saturated rings. The van der Waals surface area contributed by atoms with Gasteiger partial charge >= 0.3 is 0 Å². The fourth-order valence-electron chi connectivity index (χ4n) is 2.64. The van der Waals surface area contributed by atoms with Crippen molar-refractivity contribution in [2.75, 3.05) is 19.8 Å². The minimum atomic E-state index is -0.644. The fourth-order valence-corrected chi connectivity index (χ4v) is 2.64. The molecule has 1 heterocycles. The van der Waals surface area contributed by atoms with E-state index in [0.717, 1.165) is 19.3 Å². The Bertz CT molecular complexity index is 364. The van der Waals surface area contributed by atoms with Crippen molar-refractivity contribution < 1.29 is 19.1 Å². The van der Waals surface area contributed by atoms with Gasteiger partial charge in [-0.1, -0.05) is 39.5 Å². The third kappa shape index (κ3) is 7.93. The molecular weight excluding hydrogens is 294 g/mol. The zero-order valence-corrected chi connectivity index (χ0v) is 15.0. The summed E-state index contributed by atoms with van der Waals surface area (Å²) in [4.78, 5) is 23.7. The predicted octanol–water partition coefficient (Wildman–Crippen LogP) is 3.21. The second kappa shape index (κ2) is 10.8. The van der Waals surface area contributed by atoms with Crippen LogP contribution in [0.1, 0.15) is 72.1 Å². The first-order chi connectivity index (χ1) is 11.0. The molecule has 0 saturated carbocycles. The zero-order valence-electron chi connectivity index (χ0n) is 15.0. The highest BCUT2D eigenvalue weighted by Crippen LogP contribution is 2.26. The first-order valence-electron chi connectivity index (χ1n) is 9.04. The highest BCUT2D eigenvalue weighted by molar-refractivity contribution is 5.97. The minimum absolute atomic E-state index is 0.0150. The van der Waals surface area contributed by atoms with E-state index in [4.69, 9.17) is 9.47 Å². The van der Waals surface area contributed by atoms with Gasteiger partial charge in [0.1, 0.15) is 5.78 Å². The molecule has 0 aliphatic carbocycles. The van der Waals surface area contributed by atoms with E-state index in [2.05, 4.69) is 12.2 Å². The molecule has 1 unspecified atom stereocenters. The molecule has 1 rings (SSSR count). The van der Waals surface area contributed by atoms with Crippen LogP contribution in [0.4, 0.5) is 0 Å². The van der Waals surface area contributed by atoms with E-state index in [1.54, 1.807) is 0 Å². The van der Waals surface area contributed by atoms with Crippen molar-refractivity contribution in [3.8, 4) is 0 Å². The largest absolute Gasteiger partial charge is 0.355 e. The molecule has 0 spiro atoms. The van der Waals surface area contributed by atoms with Crippen LogP contribution in [0.15, 0.2) is 0 Å². The van der Waals surface area contributed by atoms with Crippen molar-refractivity contribution in [2.24, 2.45) is 5.92 Å². The van der Waals surface area contributed by atoms with E-state index >= 15 is 0 Å². The molecule has 1 amide bonds. The van der Waals surface area contributed by atoms with Gasteiger partial charge in [0.2, 0.25) is 5.91 Å². The lowest BCUT2D eigenvalue weighted by molar-refractivity contribution is -0.279. The number of amides is 1. The Morgan fingerprint density at radius 1 is 1.13 bits per heavy atom. The molecule has 0 radical (unpaired) electrons. The van der Waals surface area contributed by atoms with Crippen LogP contribution in [0.25, 0.3) is 0 Å². The summed E-state index contributed by atoms with van der Waals surface area (Å²) in [5.74, 6) is -0.775. The minimum Gasteiger partial charge on any atom is -0.355 e. The smallest absolute Gasteiger partial charge is 0.227 e. The van der Waals surface area contributed by atoms with Gasteiger partial charge in [0.15, 0.2) is 5.79 Å². The first-order valence-corrected chi connectivity index (χ1v) is 9.04. The van der Waals surface area contributed by atoms with E-state index < -0.39 is 5.79 Å². The quantitative estimate of drug-likeness (QED) is 0.467. The molecule has 23 heavy (non-hydrogen) atoms. The number of hydrogen-bond donors (Lipinski definition) is 1. The highest BCUT2D eigenvalue weighted by Gasteiger charge is 2.35. The molecule has 5 heteroatoms. The maximum atomic E-state index is 11.9. The van der Waals surface area contributed by atoms with Crippen LogP contribution in [0, 0.1) is 5.92 Å². The number of carbonyl (C=O) groups is 2. The van der Waals surface area contributed by atoms with Gasteiger partial charge < -0.3 is 14.8 Å². The molecule has 1 N–H and O–H groups in total. The second-order valence-electron chi connectivity index (χ2n) is 6.65. The summed E-state index contributed by atoms with van der Waals surface area (Å²) >= 11 is 0. The summed E-state index contributed by atoms with van der Waals surface area (Å²) in [6, 6.07) is 0. The SMILES string of the molecule is CCCCCCCC(=O)CC(=O)NCC(C)C1(C)OCCCO1. The maximum absolute atomic E-state index is 11.9. The van der Waals surface area contributed by atoms with E-state index in [1.165, 1.54) is 19.3 Å². The normalized spacial score (nSPS) is 18.4. The van der Waals surface area contributed by atoms with E-state index in [-0.39, 0.29) is 24.0 Å². The second-order valence-corrected chi connectivity index (χ2v) is 6.65. The van der Waals surface area contributed by atoms with Gasteiger partial charge in [0.25, 0.3) is 0 Å². The number of Topliss-reactive ketones (excluding diaryl/α,β-unsaturated/α-hetero) is 1. The lowest BCUT2D eigenvalue weighted by atomic mass is 10.0.